The molecular formula is C14H11FN2O. The summed E-state index contributed by atoms with van der Waals surface area (Å²) < 4.78 is 13.5. The summed E-state index contributed by atoms with van der Waals surface area (Å²) >= 11 is 0. The van der Waals surface area contributed by atoms with Crippen molar-refractivity contribution in [1.29, 1.82) is 0 Å². The first-order chi connectivity index (χ1) is 8.75. The van der Waals surface area contributed by atoms with Crippen LogP contribution in [0.5, 0.6) is 0 Å². The first kappa shape index (κ1) is 10.9. The number of rotatable bonds is 1. The second-order valence-electron chi connectivity index (χ2n) is 4.29. The third kappa shape index (κ3) is 1.76. The fourth-order valence-electron chi connectivity index (χ4n) is 2.20. The first-order valence-electron chi connectivity index (χ1n) is 5.71. The smallest absolute Gasteiger partial charge is 0.257 e. The van der Waals surface area contributed by atoms with Gasteiger partial charge in [0.2, 0.25) is 0 Å². The van der Waals surface area contributed by atoms with E-state index >= 15 is 0 Å². The molecule has 0 radical (unpaired) electrons. The molecule has 1 aromatic heterocycles. The summed E-state index contributed by atoms with van der Waals surface area (Å²) in [4.78, 5) is 17.5. The molecule has 4 heteroatoms. The van der Waals surface area contributed by atoms with Crippen molar-refractivity contribution in [3.63, 3.8) is 0 Å². The van der Waals surface area contributed by atoms with Gasteiger partial charge in [-0.15, -0.1) is 0 Å². The average molecular weight is 242 g/mol. The normalized spacial score (nSPS) is 13.5. The summed E-state index contributed by atoms with van der Waals surface area (Å²) in [6.45, 7) is 1.08. The van der Waals surface area contributed by atoms with Crippen LogP contribution in [0.15, 0.2) is 42.7 Å². The molecule has 3 rings (SSSR count). The number of aromatic nitrogens is 1. The Morgan fingerprint density at radius 1 is 1.17 bits per heavy atom. The summed E-state index contributed by atoms with van der Waals surface area (Å²) in [6.07, 6.45) is 2.50. The molecule has 0 saturated carbocycles. The summed E-state index contributed by atoms with van der Waals surface area (Å²) in [5.41, 5.74) is 2.33. The SMILES string of the molecule is O=C(c1ccncc1F)N1Cc2ccccc2C1. The van der Waals surface area contributed by atoms with Crippen LogP contribution in [0.4, 0.5) is 4.39 Å². The molecule has 0 aliphatic carbocycles. The maximum absolute atomic E-state index is 13.5. The van der Waals surface area contributed by atoms with Crippen LogP contribution in [-0.2, 0) is 13.1 Å². The number of amides is 1. The number of carbonyl (C=O) groups excluding carboxylic acids is 1. The van der Waals surface area contributed by atoms with E-state index in [0.717, 1.165) is 17.3 Å². The van der Waals surface area contributed by atoms with Gasteiger partial charge < -0.3 is 4.90 Å². The molecule has 3 nitrogen and oxygen atoms in total. The zero-order chi connectivity index (χ0) is 12.5. The highest BCUT2D eigenvalue weighted by molar-refractivity contribution is 5.94. The lowest BCUT2D eigenvalue weighted by Gasteiger charge is -2.15. The number of halogens is 1. The van der Waals surface area contributed by atoms with Crippen molar-refractivity contribution >= 4 is 5.91 Å². The summed E-state index contributed by atoms with van der Waals surface area (Å²) in [5.74, 6) is -0.857. The Kier molecular flexibility index (Phi) is 2.55. The molecule has 1 aromatic carbocycles. The zero-order valence-corrected chi connectivity index (χ0v) is 9.64. The molecule has 2 aromatic rings. The van der Waals surface area contributed by atoms with Gasteiger partial charge in [-0.25, -0.2) is 4.39 Å². The number of hydrogen-bond donors (Lipinski definition) is 0. The van der Waals surface area contributed by atoms with Gasteiger partial charge in [-0.1, -0.05) is 24.3 Å². The third-order valence-corrected chi connectivity index (χ3v) is 3.13. The highest BCUT2D eigenvalue weighted by Crippen LogP contribution is 2.24. The van der Waals surface area contributed by atoms with Crippen LogP contribution in [0.25, 0.3) is 0 Å². The molecular weight excluding hydrogens is 231 g/mol. The number of benzene rings is 1. The molecule has 2 heterocycles. The molecule has 18 heavy (non-hydrogen) atoms. The van der Waals surface area contributed by atoms with Gasteiger partial charge in [0.1, 0.15) is 0 Å². The summed E-state index contributed by atoms with van der Waals surface area (Å²) in [6, 6.07) is 9.29. The maximum Gasteiger partial charge on any atom is 0.257 e. The lowest BCUT2D eigenvalue weighted by Crippen LogP contribution is -2.26. The number of hydrogen-bond acceptors (Lipinski definition) is 2. The van der Waals surface area contributed by atoms with E-state index in [0.29, 0.717) is 13.1 Å². The van der Waals surface area contributed by atoms with Crippen molar-refractivity contribution in [2.75, 3.05) is 0 Å². The topological polar surface area (TPSA) is 33.2 Å². The zero-order valence-electron chi connectivity index (χ0n) is 9.64. The summed E-state index contributed by atoms with van der Waals surface area (Å²) in [5, 5.41) is 0. The predicted molar refractivity (Wildman–Crippen MR) is 64.2 cm³/mol. The van der Waals surface area contributed by atoms with Crippen molar-refractivity contribution < 1.29 is 9.18 Å². The first-order valence-corrected chi connectivity index (χ1v) is 5.71. The number of carbonyl (C=O) groups is 1. The van der Waals surface area contributed by atoms with E-state index in [2.05, 4.69) is 4.98 Å². The molecule has 0 fully saturated rings. The van der Waals surface area contributed by atoms with Crippen molar-refractivity contribution in [3.05, 3.63) is 65.2 Å². The number of nitrogens with zero attached hydrogens (tertiary/aromatic N) is 2. The largest absolute Gasteiger partial charge is 0.330 e. The quantitative estimate of drug-likeness (QED) is 0.769. The molecule has 0 spiro atoms. The second-order valence-corrected chi connectivity index (χ2v) is 4.29. The van der Waals surface area contributed by atoms with Crippen LogP contribution in [0.2, 0.25) is 0 Å². The monoisotopic (exact) mass is 242 g/mol. The van der Waals surface area contributed by atoms with Gasteiger partial charge >= 0.3 is 0 Å². The van der Waals surface area contributed by atoms with Crippen LogP contribution < -0.4 is 0 Å². The van der Waals surface area contributed by atoms with Crippen LogP contribution in [0, 0.1) is 5.82 Å². The molecule has 0 bridgehead atoms. The lowest BCUT2D eigenvalue weighted by molar-refractivity contribution is 0.0746. The molecule has 0 N–H and O–H groups in total. The molecule has 0 atom stereocenters. The molecule has 90 valence electrons. The summed E-state index contributed by atoms with van der Waals surface area (Å²) in [7, 11) is 0. The molecule has 0 saturated heterocycles. The van der Waals surface area contributed by atoms with Gasteiger partial charge in [0.05, 0.1) is 11.8 Å². The van der Waals surface area contributed by atoms with Crippen LogP contribution in [0.1, 0.15) is 21.5 Å². The van der Waals surface area contributed by atoms with Gasteiger partial charge in [0.25, 0.3) is 5.91 Å². The maximum atomic E-state index is 13.5. The highest BCUT2D eigenvalue weighted by atomic mass is 19.1. The number of pyridine rings is 1. The van der Waals surface area contributed by atoms with Crippen LogP contribution >= 0.6 is 0 Å². The Morgan fingerprint density at radius 2 is 1.83 bits per heavy atom. The Hall–Kier alpha value is -2.23. The van der Waals surface area contributed by atoms with Gasteiger partial charge in [0.15, 0.2) is 5.82 Å². The molecule has 0 unspecified atom stereocenters. The predicted octanol–water partition coefficient (Wildman–Crippen LogP) is 2.38. The van der Waals surface area contributed by atoms with Crippen molar-refractivity contribution in [2.45, 2.75) is 13.1 Å². The van der Waals surface area contributed by atoms with Crippen molar-refractivity contribution in [2.24, 2.45) is 0 Å². The van der Waals surface area contributed by atoms with Crippen molar-refractivity contribution in [1.82, 2.24) is 9.88 Å². The van der Waals surface area contributed by atoms with E-state index < -0.39 is 5.82 Å². The van der Waals surface area contributed by atoms with Crippen LogP contribution in [-0.4, -0.2) is 15.8 Å². The van der Waals surface area contributed by atoms with E-state index in [9.17, 15) is 9.18 Å². The van der Waals surface area contributed by atoms with Crippen molar-refractivity contribution in [3.8, 4) is 0 Å². The third-order valence-electron chi connectivity index (χ3n) is 3.13. The molecule has 1 amide bonds. The van der Waals surface area contributed by atoms with Crippen LogP contribution in [0.3, 0.4) is 0 Å². The fourth-order valence-corrected chi connectivity index (χ4v) is 2.20. The second kappa shape index (κ2) is 4.22. The van der Waals surface area contributed by atoms with Gasteiger partial charge in [-0.3, -0.25) is 9.78 Å². The fraction of sp³-hybridized carbons (Fsp3) is 0.143. The Balaban J connectivity index is 1.87. The van der Waals surface area contributed by atoms with E-state index in [-0.39, 0.29) is 11.5 Å². The van der Waals surface area contributed by atoms with Gasteiger partial charge in [-0.2, -0.15) is 0 Å². The standard InChI is InChI=1S/C14H11FN2O/c15-13-7-16-6-5-12(13)14(18)17-8-10-3-1-2-4-11(10)9-17/h1-7H,8-9H2. The van der Waals surface area contributed by atoms with E-state index in [1.54, 1.807) is 4.90 Å². The van der Waals surface area contributed by atoms with E-state index in [1.165, 1.54) is 12.3 Å². The minimum absolute atomic E-state index is 0.0813. The van der Waals surface area contributed by atoms with E-state index in [1.807, 2.05) is 24.3 Å². The Labute approximate surface area is 104 Å². The minimum atomic E-state index is -0.571. The Bertz CT molecular complexity index is 587. The number of fused-ring (bicyclic) bond motifs is 1. The van der Waals surface area contributed by atoms with Gasteiger partial charge in [0, 0.05) is 19.3 Å². The highest BCUT2D eigenvalue weighted by Gasteiger charge is 2.25. The lowest BCUT2D eigenvalue weighted by atomic mass is 10.1. The van der Waals surface area contributed by atoms with Gasteiger partial charge in [-0.05, 0) is 17.2 Å². The average Bonchev–Trinajstić information content (AvgIpc) is 2.82. The molecule has 1 aliphatic rings. The Morgan fingerprint density at radius 3 is 2.44 bits per heavy atom. The molecule has 1 aliphatic heterocycles. The minimum Gasteiger partial charge on any atom is -0.330 e. The van der Waals surface area contributed by atoms with E-state index in [4.69, 9.17) is 0 Å².